The van der Waals surface area contributed by atoms with Crippen LogP contribution in [0.5, 0.6) is 5.75 Å². The quantitative estimate of drug-likeness (QED) is 0.849. The fraction of sp³-hybridized carbons (Fsp3) is 0.611. The van der Waals surface area contributed by atoms with Crippen molar-refractivity contribution in [2.24, 2.45) is 17.1 Å². The molecule has 1 aromatic rings. The van der Waals surface area contributed by atoms with E-state index in [1.165, 1.54) is 0 Å². The molecule has 1 rings (SSSR count). The first-order valence-electron chi connectivity index (χ1n) is 7.86. The summed E-state index contributed by atoms with van der Waals surface area (Å²) in [7, 11) is 0. The van der Waals surface area contributed by atoms with E-state index in [2.05, 4.69) is 26.1 Å². The number of nitrogens with one attached hydrogen (secondary N) is 1. The van der Waals surface area contributed by atoms with Crippen LogP contribution in [0.25, 0.3) is 0 Å². The van der Waals surface area contributed by atoms with Crippen LogP contribution in [0.2, 0.25) is 0 Å². The number of hydrogen-bond acceptors (Lipinski definition) is 3. The first-order valence-corrected chi connectivity index (χ1v) is 7.86. The number of hydrogen-bond donors (Lipinski definition) is 2. The van der Waals surface area contributed by atoms with Crippen LogP contribution in [0.3, 0.4) is 0 Å². The summed E-state index contributed by atoms with van der Waals surface area (Å²) in [6.45, 7) is 13.0. The molecule has 0 bridgehead atoms. The lowest BCUT2D eigenvalue weighted by Crippen LogP contribution is -2.49. The molecular formula is C18H30N2O2. The third-order valence-electron chi connectivity index (χ3n) is 3.97. The highest BCUT2D eigenvalue weighted by Crippen LogP contribution is 2.25. The molecule has 0 aromatic heterocycles. The van der Waals surface area contributed by atoms with E-state index in [-0.39, 0.29) is 23.3 Å². The summed E-state index contributed by atoms with van der Waals surface area (Å²) in [5.41, 5.74) is 7.69. The van der Waals surface area contributed by atoms with Crippen molar-refractivity contribution >= 4 is 5.91 Å². The van der Waals surface area contributed by atoms with Crippen molar-refractivity contribution in [1.82, 2.24) is 5.32 Å². The Morgan fingerprint density at radius 2 is 1.82 bits per heavy atom. The summed E-state index contributed by atoms with van der Waals surface area (Å²) < 4.78 is 6.02. The third kappa shape index (κ3) is 5.02. The second-order valence-corrected chi connectivity index (χ2v) is 7.10. The Morgan fingerprint density at radius 3 is 2.27 bits per heavy atom. The van der Waals surface area contributed by atoms with Gasteiger partial charge >= 0.3 is 0 Å². The first-order chi connectivity index (χ1) is 10.2. The highest BCUT2D eigenvalue weighted by atomic mass is 16.5. The maximum Gasteiger partial charge on any atom is 0.224 e. The van der Waals surface area contributed by atoms with Crippen LogP contribution in [0, 0.1) is 25.2 Å². The molecule has 1 aromatic carbocycles. The summed E-state index contributed by atoms with van der Waals surface area (Å²) in [4.78, 5) is 12.1. The largest absolute Gasteiger partial charge is 0.491 e. The van der Waals surface area contributed by atoms with Crippen LogP contribution >= 0.6 is 0 Å². The molecule has 4 nitrogen and oxygen atoms in total. The minimum Gasteiger partial charge on any atom is -0.491 e. The van der Waals surface area contributed by atoms with Crippen LogP contribution in [-0.2, 0) is 4.79 Å². The van der Waals surface area contributed by atoms with Gasteiger partial charge in [-0.3, -0.25) is 4.79 Å². The summed E-state index contributed by atoms with van der Waals surface area (Å²) in [5, 5.41) is 3.07. The zero-order chi connectivity index (χ0) is 16.9. The number of carbonyl (C=O) groups excluding carboxylic acids is 1. The molecule has 0 spiro atoms. The molecule has 3 N–H and O–H groups in total. The number of carbonyl (C=O) groups is 1. The van der Waals surface area contributed by atoms with E-state index in [0.717, 1.165) is 16.9 Å². The normalized spacial score (nSPS) is 14.3. The number of amides is 1. The van der Waals surface area contributed by atoms with Gasteiger partial charge in [-0.1, -0.05) is 45.9 Å². The highest BCUT2D eigenvalue weighted by molar-refractivity contribution is 5.78. The molecule has 0 aliphatic heterocycles. The van der Waals surface area contributed by atoms with Gasteiger partial charge in [-0.05, 0) is 30.4 Å². The molecule has 2 atom stereocenters. The van der Waals surface area contributed by atoms with Gasteiger partial charge < -0.3 is 15.8 Å². The Bertz CT molecular complexity index is 486. The summed E-state index contributed by atoms with van der Waals surface area (Å²) in [6, 6.07) is 6.00. The predicted octanol–water partition coefficient (Wildman–Crippen LogP) is 2.81. The van der Waals surface area contributed by atoms with Crippen LogP contribution in [0.15, 0.2) is 18.2 Å². The molecule has 0 aliphatic carbocycles. The number of nitrogens with two attached hydrogens (primary N) is 1. The molecule has 0 saturated carbocycles. The molecule has 0 heterocycles. The van der Waals surface area contributed by atoms with Crippen LogP contribution in [-0.4, -0.2) is 25.1 Å². The molecule has 0 aliphatic rings. The van der Waals surface area contributed by atoms with Gasteiger partial charge in [0.15, 0.2) is 0 Å². The molecule has 1 amide bonds. The Hall–Kier alpha value is -1.55. The zero-order valence-electron chi connectivity index (χ0n) is 14.7. The standard InChI is InChI=1S/C18H30N2O2/c1-12-8-7-9-13(2)16(12)22-11-15(18(4,5)6)20-17(21)14(3)10-19/h7-9,14-15H,10-11,19H2,1-6H3,(H,20,21). The van der Waals surface area contributed by atoms with Gasteiger partial charge in [-0.2, -0.15) is 0 Å². The van der Waals surface area contributed by atoms with Crippen molar-refractivity contribution < 1.29 is 9.53 Å². The van der Waals surface area contributed by atoms with Crippen molar-refractivity contribution in [2.75, 3.05) is 13.2 Å². The van der Waals surface area contributed by atoms with Crippen molar-refractivity contribution in [2.45, 2.75) is 47.6 Å². The van der Waals surface area contributed by atoms with E-state index in [0.29, 0.717) is 13.2 Å². The van der Waals surface area contributed by atoms with Gasteiger partial charge in [0.2, 0.25) is 5.91 Å². The smallest absolute Gasteiger partial charge is 0.224 e. The van der Waals surface area contributed by atoms with Crippen molar-refractivity contribution in [3.05, 3.63) is 29.3 Å². The van der Waals surface area contributed by atoms with Gasteiger partial charge in [-0.25, -0.2) is 0 Å². The SMILES string of the molecule is Cc1cccc(C)c1OCC(NC(=O)C(C)CN)C(C)(C)C. The van der Waals surface area contributed by atoms with E-state index >= 15 is 0 Å². The zero-order valence-corrected chi connectivity index (χ0v) is 14.7. The summed E-state index contributed by atoms with van der Waals surface area (Å²) in [6.07, 6.45) is 0. The lowest BCUT2D eigenvalue weighted by atomic mass is 9.87. The number of aryl methyl sites for hydroxylation is 2. The van der Waals surface area contributed by atoms with Gasteiger partial charge in [-0.15, -0.1) is 0 Å². The highest BCUT2D eigenvalue weighted by Gasteiger charge is 2.28. The second-order valence-electron chi connectivity index (χ2n) is 7.10. The lowest BCUT2D eigenvalue weighted by molar-refractivity contribution is -0.126. The van der Waals surface area contributed by atoms with E-state index in [4.69, 9.17) is 10.5 Å². The average molecular weight is 306 g/mol. The minimum absolute atomic E-state index is 0.0208. The number of benzene rings is 1. The van der Waals surface area contributed by atoms with E-state index < -0.39 is 0 Å². The van der Waals surface area contributed by atoms with Crippen LogP contribution in [0.1, 0.15) is 38.8 Å². The molecule has 124 valence electrons. The molecular weight excluding hydrogens is 276 g/mol. The topological polar surface area (TPSA) is 64.3 Å². The fourth-order valence-corrected chi connectivity index (χ4v) is 2.12. The van der Waals surface area contributed by atoms with Crippen molar-refractivity contribution in [3.8, 4) is 5.75 Å². The maximum atomic E-state index is 12.1. The van der Waals surface area contributed by atoms with Gasteiger partial charge in [0.25, 0.3) is 0 Å². The average Bonchev–Trinajstić information content (AvgIpc) is 2.43. The molecule has 0 saturated heterocycles. The molecule has 4 heteroatoms. The Morgan fingerprint density at radius 1 is 1.27 bits per heavy atom. The maximum absolute atomic E-state index is 12.1. The summed E-state index contributed by atoms with van der Waals surface area (Å²) >= 11 is 0. The van der Waals surface area contributed by atoms with Gasteiger partial charge in [0.1, 0.15) is 12.4 Å². The minimum atomic E-state index is -0.190. The predicted molar refractivity (Wildman–Crippen MR) is 91.0 cm³/mol. The van der Waals surface area contributed by atoms with E-state index in [9.17, 15) is 4.79 Å². The number of rotatable bonds is 6. The van der Waals surface area contributed by atoms with Crippen molar-refractivity contribution in [1.29, 1.82) is 0 Å². The molecule has 2 unspecified atom stereocenters. The van der Waals surface area contributed by atoms with Crippen LogP contribution in [0.4, 0.5) is 0 Å². The lowest BCUT2D eigenvalue weighted by Gasteiger charge is -2.32. The van der Waals surface area contributed by atoms with E-state index in [1.807, 2.05) is 39.0 Å². The number of para-hydroxylation sites is 1. The van der Waals surface area contributed by atoms with E-state index in [1.54, 1.807) is 0 Å². The Kier molecular flexibility index (Phi) is 6.42. The van der Waals surface area contributed by atoms with Gasteiger partial charge in [0, 0.05) is 12.5 Å². The Labute approximate surface area is 134 Å². The molecule has 0 fully saturated rings. The van der Waals surface area contributed by atoms with Crippen LogP contribution < -0.4 is 15.8 Å². The molecule has 0 radical (unpaired) electrons. The molecule has 22 heavy (non-hydrogen) atoms. The monoisotopic (exact) mass is 306 g/mol. The third-order valence-corrected chi connectivity index (χ3v) is 3.97. The van der Waals surface area contributed by atoms with Gasteiger partial charge in [0.05, 0.1) is 6.04 Å². The fourth-order valence-electron chi connectivity index (χ4n) is 2.12. The second kappa shape index (κ2) is 7.63. The first kappa shape index (κ1) is 18.5. The summed E-state index contributed by atoms with van der Waals surface area (Å²) in [5.74, 6) is 0.690. The van der Waals surface area contributed by atoms with Crippen molar-refractivity contribution in [3.63, 3.8) is 0 Å². The number of ether oxygens (including phenoxy) is 1. The Balaban J connectivity index is 2.81.